The van der Waals surface area contributed by atoms with Crippen LogP contribution in [0, 0.1) is 0 Å². The maximum absolute atomic E-state index is 12.8. The van der Waals surface area contributed by atoms with E-state index in [1.54, 1.807) is 0 Å². The summed E-state index contributed by atoms with van der Waals surface area (Å²) >= 11 is 0. The van der Waals surface area contributed by atoms with Gasteiger partial charge in [-0.3, -0.25) is 14.2 Å². The summed E-state index contributed by atoms with van der Waals surface area (Å²) in [7, 11) is 1.17. The summed E-state index contributed by atoms with van der Waals surface area (Å²) in [6, 6.07) is 0. The van der Waals surface area contributed by atoms with Gasteiger partial charge in [0.2, 0.25) is 0 Å². The summed E-state index contributed by atoms with van der Waals surface area (Å²) in [6.45, 7) is 4.16. The molecule has 0 rings (SSSR count). The standard InChI is InChI=1S/C59H110NO8P/c1-6-8-10-12-14-16-18-20-22-24-26-28-29-30-31-32-34-36-38-40-42-44-46-48-50-52-59(62)68-57(56-67-69(63,64)66-54-53-60(3,4)5)55-65-58(61)51-49-47-45-43-41-39-37-35-33-27-25-23-21-19-17-15-13-11-9-7-2/h8,10,14,16,20,22,26,28,57H,6-7,9,11-13,15,17-19,21,23-25,27,29-56H2,1-5H3/b10-8-,16-14-,22-20-,28-26-. The zero-order valence-electron chi connectivity index (χ0n) is 45.8. The van der Waals surface area contributed by atoms with E-state index < -0.39 is 26.5 Å². The summed E-state index contributed by atoms with van der Waals surface area (Å²) in [5.74, 6) is -0.824. The number of rotatable bonds is 53. The molecule has 0 aliphatic heterocycles. The Morgan fingerprint density at radius 2 is 0.826 bits per heavy atom. The highest BCUT2D eigenvalue weighted by molar-refractivity contribution is 7.45. The second-order valence-corrected chi connectivity index (χ2v) is 22.0. The van der Waals surface area contributed by atoms with Gasteiger partial charge in [-0.2, -0.15) is 0 Å². The number of ether oxygens (including phenoxy) is 2. The zero-order chi connectivity index (χ0) is 50.6. The molecule has 0 bridgehead atoms. The van der Waals surface area contributed by atoms with Crippen LogP contribution in [-0.2, 0) is 32.7 Å². The Labute approximate surface area is 426 Å². The van der Waals surface area contributed by atoms with Gasteiger partial charge in [0.05, 0.1) is 27.7 Å². The summed E-state index contributed by atoms with van der Waals surface area (Å²) < 4.78 is 34.2. The second-order valence-electron chi connectivity index (χ2n) is 20.6. The van der Waals surface area contributed by atoms with Gasteiger partial charge in [-0.15, -0.1) is 0 Å². The molecule has 0 amide bonds. The van der Waals surface area contributed by atoms with Crippen LogP contribution in [0.3, 0.4) is 0 Å². The smallest absolute Gasteiger partial charge is 0.306 e. The SMILES string of the molecule is CC/C=C\C/C=C\C/C=C\C/C=C\CCCCCCCCCCCCCCC(=O)OC(COC(=O)CCCCCCCCCCCCCCCCCCCCCC)COP(=O)([O-])OCC[N+](C)(C)C. The van der Waals surface area contributed by atoms with E-state index in [4.69, 9.17) is 18.5 Å². The van der Waals surface area contributed by atoms with Crippen molar-refractivity contribution in [2.45, 2.75) is 270 Å². The van der Waals surface area contributed by atoms with E-state index in [0.29, 0.717) is 17.4 Å². The quantitative estimate of drug-likeness (QED) is 0.0195. The lowest BCUT2D eigenvalue weighted by Crippen LogP contribution is -2.37. The lowest BCUT2D eigenvalue weighted by Gasteiger charge is -2.28. The van der Waals surface area contributed by atoms with Crippen LogP contribution in [-0.4, -0.2) is 70.0 Å². The van der Waals surface area contributed by atoms with E-state index >= 15 is 0 Å². The van der Waals surface area contributed by atoms with Crippen LogP contribution in [0.2, 0.25) is 0 Å². The molecule has 9 nitrogen and oxygen atoms in total. The Hall–Kier alpha value is -2.03. The van der Waals surface area contributed by atoms with Gasteiger partial charge in [-0.25, -0.2) is 0 Å². The number of carbonyl (C=O) groups is 2. The molecule has 2 atom stereocenters. The molecule has 0 aromatic heterocycles. The summed E-state index contributed by atoms with van der Waals surface area (Å²) in [6.07, 6.45) is 62.9. The molecule has 0 heterocycles. The van der Waals surface area contributed by atoms with Crippen molar-refractivity contribution < 1.29 is 42.1 Å². The molecule has 404 valence electrons. The van der Waals surface area contributed by atoms with Gasteiger partial charge in [-0.1, -0.05) is 249 Å². The summed E-state index contributed by atoms with van der Waals surface area (Å²) in [5.41, 5.74) is 0. The predicted octanol–water partition coefficient (Wildman–Crippen LogP) is 17.1. The Morgan fingerprint density at radius 3 is 1.23 bits per heavy atom. The number of phosphoric ester groups is 1. The first-order valence-corrected chi connectivity index (χ1v) is 30.3. The first kappa shape index (κ1) is 67.0. The van der Waals surface area contributed by atoms with Crippen molar-refractivity contribution in [1.82, 2.24) is 0 Å². The van der Waals surface area contributed by atoms with Crippen molar-refractivity contribution in [2.24, 2.45) is 0 Å². The monoisotopic (exact) mass is 992 g/mol. The van der Waals surface area contributed by atoms with Crippen LogP contribution in [0.5, 0.6) is 0 Å². The highest BCUT2D eigenvalue weighted by atomic mass is 31.2. The first-order chi connectivity index (χ1) is 33.5. The van der Waals surface area contributed by atoms with E-state index in [0.717, 1.165) is 64.2 Å². The fourth-order valence-electron chi connectivity index (χ4n) is 8.18. The second kappa shape index (κ2) is 50.9. The maximum Gasteiger partial charge on any atom is 0.306 e. The Balaban J connectivity index is 4.15. The first-order valence-electron chi connectivity index (χ1n) is 28.8. The van der Waals surface area contributed by atoms with Crippen molar-refractivity contribution in [3.05, 3.63) is 48.6 Å². The fraction of sp³-hybridized carbons (Fsp3) is 0.831. The topological polar surface area (TPSA) is 111 Å². The highest BCUT2D eigenvalue weighted by Gasteiger charge is 2.22. The average Bonchev–Trinajstić information content (AvgIpc) is 3.31. The third-order valence-electron chi connectivity index (χ3n) is 12.6. The Bertz CT molecular complexity index is 1310. The van der Waals surface area contributed by atoms with Crippen LogP contribution in [0.15, 0.2) is 48.6 Å². The van der Waals surface area contributed by atoms with Gasteiger partial charge in [-0.05, 0) is 51.4 Å². The Morgan fingerprint density at radius 1 is 0.464 bits per heavy atom. The van der Waals surface area contributed by atoms with Crippen LogP contribution in [0.1, 0.15) is 264 Å². The molecule has 0 saturated carbocycles. The molecule has 0 aliphatic carbocycles. The van der Waals surface area contributed by atoms with Gasteiger partial charge >= 0.3 is 11.9 Å². The van der Waals surface area contributed by atoms with Crippen LogP contribution >= 0.6 is 7.82 Å². The maximum atomic E-state index is 12.8. The lowest BCUT2D eigenvalue weighted by molar-refractivity contribution is -0.870. The number of hydrogen-bond donors (Lipinski definition) is 0. The van der Waals surface area contributed by atoms with Crippen molar-refractivity contribution in [2.75, 3.05) is 47.5 Å². The molecule has 0 N–H and O–H groups in total. The van der Waals surface area contributed by atoms with Gasteiger partial charge in [0.15, 0.2) is 6.10 Å². The molecule has 0 aliphatic rings. The summed E-state index contributed by atoms with van der Waals surface area (Å²) in [5, 5.41) is 0. The minimum atomic E-state index is -4.63. The van der Waals surface area contributed by atoms with E-state index in [1.807, 2.05) is 21.1 Å². The van der Waals surface area contributed by atoms with E-state index in [2.05, 4.69) is 62.5 Å². The number of hydrogen-bond acceptors (Lipinski definition) is 8. The number of quaternary nitrogens is 1. The molecular weight excluding hydrogens is 882 g/mol. The number of likely N-dealkylation sites (N-methyl/N-ethyl adjacent to an activating group) is 1. The molecule has 0 aromatic carbocycles. The molecule has 0 radical (unpaired) electrons. The minimum absolute atomic E-state index is 0.0304. The van der Waals surface area contributed by atoms with Crippen molar-refractivity contribution in [3.8, 4) is 0 Å². The number of allylic oxidation sites excluding steroid dienone is 8. The minimum Gasteiger partial charge on any atom is -0.756 e. The molecule has 0 spiro atoms. The Kier molecular flexibility index (Phi) is 49.4. The van der Waals surface area contributed by atoms with E-state index in [1.165, 1.54) is 167 Å². The molecule has 0 aromatic rings. The third-order valence-corrected chi connectivity index (χ3v) is 13.6. The molecule has 0 saturated heterocycles. The van der Waals surface area contributed by atoms with Gasteiger partial charge in [0, 0.05) is 12.8 Å². The molecular formula is C59H110NO8P. The normalized spacial score (nSPS) is 13.7. The number of phosphoric acid groups is 1. The average molecular weight is 993 g/mol. The number of nitrogens with zero attached hydrogens (tertiary/aromatic N) is 1. The van der Waals surface area contributed by atoms with Crippen molar-refractivity contribution in [1.29, 1.82) is 0 Å². The number of esters is 2. The summed E-state index contributed by atoms with van der Waals surface area (Å²) in [4.78, 5) is 37.9. The van der Waals surface area contributed by atoms with Crippen LogP contribution < -0.4 is 4.89 Å². The zero-order valence-corrected chi connectivity index (χ0v) is 46.7. The third kappa shape index (κ3) is 55.1. The van der Waals surface area contributed by atoms with E-state index in [-0.39, 0.29) is 32.0 Å². The van der Waals surface area contributed by atoms with Crippen molar-refractivity contribution >= 4 is 19.8 Å². The largest absolute Gasteiger partial charge is 0.756 e. The van der Waals surface area contributed by atoms with Crippen LogP contribution in [0.4, 0.5) is 0 Å². The van der Waals surface area contributed by atoms with E-state index in [9.17, 15) is 19.0 Å². The fourth-order valence-corrected chi connectivity index (χ4v) is 8.91. The number of unbranched alkanes of at least 4 members (excludes halogenated alkanes) is 31. The number of carbonyl (C=O) groups excluding carboxylic acids is 2. The predicted molar refractivity (Wildman–Crippen MR) is 291 cm³/mol. The van der Waals surface area contributed by atoms with Gasteiger partial charge < -0.3 is 27.9 Å². The molecule has 0 fully saturated rings. The van der Waals surface area contributed by atoms with Crippen molar-refractivity contribution in [3.63, 3.8) is 0 Å². The molecule has 69 heavy (non-hydrogen) atoms. The van der Waals surface area contributed by atoms with Gasteiger partial charge in [0.25, 0.3) is 7.82 Å². The van der Waals surface area contributed by atoms with Crippen LogP contribution in [0.25, 0.3) is 0 Å². The molecule has 10 heteroatoms. The van der Waals surface area contributed by atoms with Gasteiger partial charge in [0.1, 0.15) is 19.8 Å². The highest BCUT2D eigenvalue weighted by Crippen LogP contribution is 2.38. The molecule has 2 unspecified atom stereocenters. The lowest BCUT2D eigenvalue weighted by atomic mass is 10.0.